The number of hydrogen-bond acceptors (Lipinski definition) is 2. The van der Waals surface area contributed by atoms with E-state index in [2.05, 4.69) is 4.90 Å². The molecule has 1 heterocycles. The molecule has 0 aromatic rings. The first-order chi connectivity index (χ1) is 7.25. The maximum absolute atomic E-state index is 11.1. The molecule has 3 nitrogen and oxygen atoms in total. The Morgan fingerprint density at radius 1 is 1.20 bits per heavy atom. The zero-order chi connectivity index (χ0) is 10.7. The van der Waals surface area contributed by atoms with Gasteiger partial charge < -0.3 is 10.6 Å². The van der Waals surface area contributed by atoms with Gasteiger partial charge >= 0.3 is 0 Å². The van der Waals surface area contributed by atoms with Crippen LogP contribution in [0.3, 0.4) is 0 Å². The van der Waals surface area contributed by atoms with Crippen LogP contribution >= 0.6 is 0 Å². The monoisotopic (exact) mass is 210 g/mol. The maximum Gasteiger partial charge on any atom is 0.221 e. The second kappa shape index (κ2) is 4.97. The van der Waals surface area contributed by atoms with Crippen LogP contribution in [0.15, 0.2) is 0 Å². The van der Waals surface area contributed by atoms with Crippen molar-refractivity contribution in [2.24, 2.45) is 17.6 Å². The quantitative estimate of drug-likeness (QED) is 0.765. The van der Waals surface area contributed by atoms with E-state index in [0.717, 1.165) is 25.3 Å². The summed E-state index contributed by atoms with van der Waals surface area (Å²) in [7, 11) is 0. The molecule has 1 aliphatic carbocycles. The molecule has 2 fully saturated rings. The molecule has 0 bridgehead atoms. The maximum atomic E-state index is 11.1. The Hall–Kier alpha value is -0.570. The highest BCUT2D eigenvalue weighted by atomic mass is 16.1. The summed E-state index contributed by atoms with van der Waals surface area (Å²) in [4.78, 5) is 13.6. The second-order valence-electron chi connectivity index (χ2n) is 5.15. The van der Waals surface area contributed by atoms with Crippen molar-refractivity contribution in [2.75, 3.05) is 19.6 Å². The van der Waals surface area contributed by atoms with Gasteiger partial charge in [-0.25, -0.2) is 0 Å². The largest absolute Gasteiger partial charge is 0.369 e. The number of likely N-dealkylation sites (tertiary alicyclic amines) is 1. The van der Waals surface area contributed by atoms with Crippen LogP contribution in [0.2, 0.25) is 0 Å². The lowest BCUT2D eigenvalue weighted by atomic mass is 9.96. The first-order valence-electron chi connectivity index (χ1n) is 6.27. The average molecular weight is 210 g/mol. The van der Waals surface area contributed by atoms with Crippen molar-refractivity contribution in [1.29, 1.82) is 0 Å². The van der Waals surface area contributed by atoms with Gasteiger partial charge in [-0.3, -0.25) is 4.79 Å². The molecule has 2 rings (SSSR count). The van der Waals surface area contributed by atoms with E-state index in [0.29, 0.717) is 0 Å². The third kappa shape index (κ3) is 2.94. The van der Waals surface area contributed by atoms with E-state index in [1.54, 1.807) is 0 Å². The molecule has 1 unspecified atom stereocenters. The highest BCUT2D eigenvalue weighted by Crippen LogP contribution is 2.27. The normalized spacial score (nSPS) is 29.5. The standard InChI is InChI=1S/C12H22N2O/c13-12(15)11-6-3-7-14(9-11)8-10-4-1-2-5-10/h10-11H,1-9H2,(H2,13,15). The number of nitrogens with two attached hydrogens (primary N) is 1. The van der Waals surface area contributed by atoms with Gasteiger partial charge in [0.15, 0.2) is 0 Å². The van der Waals surface area contributed by atoms with E-state index in [1.165, 1.54) is 38.8 Å². The lowest BCUT2D eigenvalue weighted by molar-refractivity contribution is -0.123. The number of hydrogen-bond donors (Lipinski definition) is 1. The third-order valence-electron chi connectivity index (χ3n) is 3.90. The van der Waals surface area contributed by atoms with Gasteiger partial charge in [0.2, 0.25) is 5.91 Å². The van der Waals surface area contributed by atoms with Gasteiger partial charge in [-0.05, 0) is 38.1 Å². The topological polar surface area (TPSA) is 46.3 Å². The Labute approximate surface area is 92.0 Å². The lowest BCUT2D eigenvalue weighted by Gasteiger charge is -2.32. The molecule has 2 aliphatic rings. The molecule has 1 aliphatic heterocycles. The first-order valence-corrected chi connectivity index (χ1v) is 6.27. The summed E-state index contributed by atoms with van der Waals surface area (Å²) < 4.78 is 0. The zero-order valence-corrected chi connectivity index (χ0v) is 9.45. The van der Waals surface area contributed by atoms with Crippen molar-refractivity contribution in [3.05, 3.63) is 0 Å². The predicted octanol–water partition coefficient (Wildman–Crippen LogP) is 1.37. The molecule has 3 heteroatoms. The smallest absolute Gasteiger partial charge is 0.221 e. The molecule has 1 saturated heterocycles. The lowest BCUT2D eigenvalue weighted by Crippen LogP contribution is -2.42. The van der Waals surface area contributed by atoms with Crippen LogP contribution in [0, 0.1) is 11.8 Å². The van der Waals surface area contributed by atoms with Crippen LogP contribution in [0.4, 0.5) is 0 Å². The summed E-state index contributed by atoms with van der Waals surface area (Å²) in [5.74, 6) is 0.892. The highest BCUT2D eigenvalue weighted by Gasteiger charge is 2.26. The SMILES string of the molecule is NC(=O)C1CCCN(CC2CCCC2)C1. The number of rotatable bonds is 3. The average Bonchev–Trinajstić information content (AvgIpc) is 2.71. The van der Waals surface area contributed by atoms with E-state index in [9.17, 15) is 4.79 Å². The molecular weight excluding hydrogens is 188 g/mol. The van der Waals surface area contributed by atoms with E-state index in [-0.39, 0.29) is 11.8 Å². The van der Waals surface area contributed by atoms with Gasteiger partial charge in [-0.15, -0.1) is 0 Å². The van der Waals surface area contributed by atoms with Gasteiger partial charge in [0.1, 0.15) is 0 Å². The van der Waals surface area contributed by atoms with Gasteiger partial charge in [0, 0.05) is 13.1 Å². The summed E-state index contributed by atoms with van der Waals surface area (Å²) in [6.45, 7) is 3.27. The minimum Gasteiger partial charge on any atom is -0.369 e. The molecular formula is C12H22N2O. The number of piperidine rings is 1. The van der Waals surface area contributed by atoms with Gasteiger partial charge in [0.05, 0.1) is 5.92 Å². The van der Waals surface area contributed by atoms with Crippen LogP contribution in [0.25, 0.3) is 0 Å². The Morgan fingerprint density at radius 2 is 1.93 bits per heavy atom. The molecule has 15 heavy (non-hydrogen) atoms. The fraction of sp³-hybridized carbons (Fsp3) is 0.917. The molecule has 0 aromatic heterocycles. The number of nitrogens with zero attached hydrogens (tertiary/aromatic N) is 1. The van der Waals surface area contributed by atoms with E-state index >= 15 is 0 Å². The van der Waals surface area contributed by atoms with Gasteiger partial charge in [0.25, 0.3) is 0 Å². The van der Waals surface area contributed by atoms with Crippen molar-refractivity contribution in [3.63, 3.8) is 0 Å². The Morgan fingerprint density at radius 3 is 2.60 bits per heavy atom. The summed E-state index contributed by atoms with van der Waals surface area (Å²) in [5.41, 5.74) is 5.37. The third-order valence-corrected chi connectivity index (χ3v) is 3.90. The van der Waals surface area contributed by atoms with Crippen LogP contribution in [0.1, 0.15) is 38.5 Å². The van der Waals surface area contributed by atoms with E-state index in [4.69, 9.17) is 5.73 Å². The molecule has 1 saturated carbocycles. The second-order valence-corrected chi connectivity index (χ2v) is 5.15. The Bertz CT molecular complexity index is 224. The zero-order valence-electron chi connectivity index (χ0n) is 9.45. The number of amides is 1. The summed E-state index contributed by atoms with van der Waals surface area (Å²) >= 11 is 0. The molecule has 0 radical (unpaired) electrons. The highest BCUT2D eigenvalue weighted by molar-refractivity contribution is 5.76. The molecule has 1 atom stereocenters. The first kappa shape index (κ1) is 10.9. The fourth-order valence-corrected chi connectivity index (χ4v) is 3.01. The van der Waals surface area contributed by atoms with Crippen molar-refractivity contribution in [2.45, 2.75) is 38.5 Å². The Kier molecular flexibility index (Phi) is 3.62. The summed E-state index contributed by atoms with van der Waals surface area (Å²) in [6, 6.07) is 0. The van der Waals surface area contributed by atoms with E-state index in [1.807, 2.05) is 0 Å². The van der Waals surface area contributed by atoms with Crippen molar-refractivity contribution >= 4 is 5.91 Å². The molecule has 0 aromatic carbocycles. The minimum atomic E-state index is -0.105. The summed E-state index contributed by atoms with van der Waals surface area (Å²) in [5, 5.41) is 0. The van der Waals surface area contributed by atoms with Crippen molar-refractivity contribution in [3.8, 4) is 0 Å². The van der Waals surface area contributed by atoms with Crippen molar-refractivity contribution < 1.29 is 4.79 Å². The van der Waals surface area contributed by atoms with E-state index < -0.39 is 0 Å². The van der Waals surface area contributed by atoms with Gasteiger partial charge in [-0.2, -0.15) is 0 Å². The van der Waals surface area contributed by atoms with Crippen molar-refractivity contribution in [1.82, 2.24) is 4.90 Å². The Balaban J connectivity index is 1.79. The summed E-state index contributed by atoms with van der Waals surface area (Å²) in [6.07, 6.45) is 7.71. The predicted molar refractivity (Wildman–Crippen MR) is 60.3 cm³/mol. The fourth-order valence-electron chi connectivity index (χ4n) is 3.01. The van der Waals surface area contributed by atoms with Crippen LogP contribution in [0.5, 0.6) is 0 Å². The van der Waals surface area contributed by atoms with Crippen LogP contribution < -0.4 is 5.73 Å². The number of carbonyl (C=O) groups excluding carboxylic acids is 1. The van der Waals surface area contributed by atoms with Crippen LogP contribution in [-0.2, 0) is 4.79 Å². The van der Waals surface area contributed by atoms with Crippen LogP contribution in [-0.4, -0.2) is 30.4 Å². The molecule has 2 N–H and O–H groups in total. The number of carbonyl (C=O) groups is 1. The minimum absolute atomic E-state index is 0.105. The van der Waals surface area contributed by atoms with Gasteiger partial charge in [-0.1, -0.05) is 12.8 Å². The molecule has 0 spiro atoms. The number of primary amides is 1. The molecule has 86 valence electrons. The molecule has 1 amide bonds.